The molecule has 1 heterocycles. The summed E-state index contributed by atoms with van der Waals surface area (Å²) in [5, 5.41) is 0. The topological polar surface area (TPSA) is 103 Å². The third kappa shape index (κ3) is 5.47. The van der Waals surface area contributed by atoms with Crippen molar-refractivity contribution in [2.45, 2.75) is 33.2 Å². The van der Waals surface area contributed by atoms with Crippen LogP contribution < -0.4 is 21.3 Å². The molecule has 8 heteroatoms. The van der Waals surface area contributed by atoms with Crippen LogP contribution in [0.4, 0.5) is 0 Å². The molecule has 0 aliphatic carbocycles. The number of nitrogens with one attached hydrogen (secondary N) is 2. The molecular weight excluding hydrogens is 374 g/mol. The molecule has 0 atom stereocenters. The van der Waals surface area contributed by atoms with Crippen LogP contribution in [0.2, 0.25) is 0 Å². The fourth-order valence-corrected chi connectivity index (χ4v) is 3.03. The number of hydrogen-bond donors (Lipinski definition) is 2. The highest BCUT2D eigenvalue weighted by molar-refractivity contribution is 5.82. The van der Waals surface area contributed by atoms with E-state index >= 15 is 0 Å². The van der Waals surface area contributed by atoms with Crippen molar-refractivity contribution in [3.05, 3.63) is 64.1 Å². The Hall–Kier alpha value is -3.55. The number of rotatable bonds is 7. The van der Waals surface area contributed by atoms with Crippen LogP contribution in [-0.2, 0) is 16.1 Å². The highest BCUT2D eigenvalue weighted by Gasteiger charge is 2.10. The summed E-state index contributed by atoms with van der Waals surface area (Å²) in [5.74, 6) is -0.676. The predicted molar refractivity (Wildman–Crippen MR) is 107 cm³/mol. The summed E-state index contributed by atoms with van der Waals surface area (Å²) in [6.07, 6.45) is 0.564. The van der Waals surface area contributed by atoms with Gasteiger partial charge in [-0.15, -0.1) is 0 Å². The Bertz CT molecular complexity index is 1060. The van der Waals surface area contributed by atoms with Crippen LogP contribution >= 0.6 is 0 Å². The number of oxazole rings is 1. The lowest BCUT2D eigenvalue weighted by Crippen LogP contribution is -2.43. The molecule has 3 rings (SSSR count). The molecule has 0 spiro atoms. The number of carbonyl (C=O) groups is 2. The maximum Gasteiger partial charge on any atom is 0.419 e. The Balaban J connectivity index is 1.40. The average molecular weight is 397 g/mol. The van der Waals surface area contributed by atoms with Gasteiger partial charge in [-0.05, 0) is 55.7 Å². The molecule has 0 aliphatic heterocycles. The van der Waals surface area contributed by atoms with Crippen LogP contribution in [-0.4, -0.2) is 23.0 Å². The van der Waals surface area contributed by atoms with E-state index in [0.29, 0.717) is 29.8 Å². The molecule has 2 aromatic carbocycles. The lowest BCUT2D eigenvalue weighted by atomic mass is 10.1. The summed E-state index contributed by atoms with van der Waals surface area (Å²) in [6.45, 7) is 4.02. The summed E-state index contributed by atoms with van der Waals surface area (Å²) in [6, 6.07) is 12.8. The SMILES string of the molecule is Cc1cc(C)cc(OCC(=O)NNC(=O)CCCn2c(=O)oc3ccccc32)c1. The van der Waals surface area contributed by atoms with Gasteiger partial charge >= 0.3 is 5.76 Å². The standard InChI is InChI=1S/C21H23N3O5/c1-14-10-15(2)12-16(11-14)28-13-20(26)23-22-19(25)8-5-9-24-17-6-3-4-7-18(17)29-21(24)27/h3-4,6-7,10-12H,5,8-9,13H2,1-2H3,(H,22,25)(H,23,26). The van der Waals surface area contributed by atoms with E-state index in [0.717, 1.165) is 11.1 Å². The molecule has 0 saturated carbocycles. The molecule has 0 saturated heterocycles. The first-order chi connectivity index (χ1) is 13.9. The number of carbonyl (C=O) groups excluding carboxylic acids is 2. The van der Waals surface area contributed by atoms with Crippen molar-refractivity contribution < 1.29 is 18.7 Å². The minimum absolute atomic E-state index is 0.143. The molecule has 0 unspecified atom stereocenters. The zero-order valence-corrected chi connectivity index (χ0v) is 16.4. The van der Waals surface area contributed by atoms with E-state index in [2.05, 4.69) is 10.9 Å². The number of aromatic nitrogens is 1. The highest BCUT2D eigenvalue weighted by atomic mass is 16.5. The van der Waals surface area contributed by atoms with Gasteiger partial charge < -0.3 is 9.15 Å². The minimum atomic E-state index is -0.463. The van der Waals surface area contributed by atoms with Gasteiger partial charge in [0.15, 0.2) is 12.2 Å². The number of ether oxygens (including phenoxy) is 1. The van der Waals surface area contributed by atoms with Gasteiger partial charge in [0.1, 0.15) is 5.75 Å². The summed E-state index contributed by atoms with van der Waals surface area (Å²) in [7, 11) is 0. The molecule has 0 bridgehead atoms. The number of fused-ring (bicyclic) bond motifs is 1. The molecule has 2 N–H and O–H groups in total. The number of nitrogens with zero attached hydrogens (tertiary/aromatic N) is 1. The molecule has 1 aromatic heterocycles. The Kier molecular flexibility index (Phi) is 6.33. The second-order valence-corrected chi connectivity index (χ2v) is 6.80. The van der Waals surface area contributed by atoms with Crippen LogP contribution in [0.1, 0.15) is 24.0 Å². The molecule has 8 nitrogen and oxygen atoms in total. The van der Waals surface area contributed by atoms with Crippen molar-refractivity contribution in [3.63, 3.8) is 0 Å². The number of para-hydroxylation sites is 2. The first kappa shape index (κ1) is 20.2. The first-order valence-corrected chi connectivity index (χ1v) is 9.29. The van der Waals surface area contributed by atoms with Crippen molar-refractivity contribution in [2.24, 2.45) is 0 Å². The van der Waals surface area contributed by atoms with Crippen LogP contribution in [0, 0.1) is 13.8 Å². The predicted octanol–water partition coefficient (Wildman–Crippen LogP) is 2.22. The van der Waals surface area contributed by atoms with Crippen LogP contribution in [0.15, 0.2) is 51.7 Å². The summed E-state index contributed by atoms with van der Waals surface area (Å²) in [5.41, 5.74) is 7.94. The third-order valence-corrected chi connectivity index (χ3v) is 4.27. The lowest BCUT2D eigenvalue weighted by Gasteiger charge is -2.10. The maximum absolute atomic E-state index is 11.9. The van der Waals surface area contributed by atoms with E-state index in [9.17, 15) is 14.4 Å². The molecule has 2 amide bonds. The number of amides is 2. The van der Waals surface area contributed by atoms with Crippen molar-refractivity contribution in [2.75, 3.05) is 6.61 Å². The number of hydrazine groups is 1. The van der Waals surface area contributed by atoms with Gasteiger partial charge in [-0.3, -0.25) is 25.0 Å². The summed E-state index contributed by atoms with van der Waals surface area (Å²) in [4.78, 5) is 35.6. The molecule has 0 aliphatic rings. The van der Waals surface area contributed by atoms with E-state index in [-0.39, 0.29) is 18.9 Å². The Morgan fingerprint density at radius 1 is 1.03 bits per heavy atom. The molecular formula is C21H23N3O5. The highest BCUT2D eigenvalue weighted by Crippen LogP contribution is 2.16. The monoisotopic (exact) mass is 397 g/mol. The number of aryl methyl sites for hydroxylation is 3. The van der Waals surface area contributed by atoms with Gasteiger partial charge in [-0.1, -0.05) is 18.2 Å². The van der Waals surface area contributed by atoms with Gasteiger partial charge in [0.2, 0.25) is 5.91 Å². The van der Waals surface area contributed by atoms with E-state index < -0.39 is 11.7 Å². The molecule has 0 radical (unpaired) electrons. The fourth-order valence-electron chi connectivity index (χ4n) is 3.03. The summed E-state index contributed by atoms with van der Waals surface area (Å²) >= 11 is 0. The zero-order valence-electron chi connectivity index (χ0n) is 16.4. The quantitative estimate of drug-likeness (QED) is 0.595. The first-order valence-electron chi connectivity index (χ1n) is 9.29. The largest absolute Gasteiger partial charge is 0.484 e. The van der Waals surface area contributed by atoms with Crippen LogP contribution in [0.3, 0.4) is 0 Å². The molecule has 0 fully saturated rings. The second-order valence-electron chi connectivity index (χ2n) is 6.80. The van der Waals surface area contributed by atoms with Crippen LogP contribution in [0.25, 0.3) is 11.1 Å². The average Bonchev–Trinajstić information content (AvgIpc) is 2.99. The van der Waals surface area contributed by atoms with Gasteiger partial charge in [0.25, 0.3) is 5.91 Å². The maximum atomic E-state index is 11.9. The second kappa shape index (κ2) is 9.09. The van der Waals surface area contributed by atoms with E-state index in [1.807, 2.05) is 38.1 Å². The zero-order chi connectivity index (χ0) is 20.8. The van der Waals surface area contributed by atoms with E-state index in [1.165, 1.54) is 4.57 Å². The van der Waals surface area contributed by atoms with Crippen molar-refractivity contribution in [1.82, 2.24) is 15.4 Å². The summed E-state index contributed by atoms with van der Waals surface area (Å²) < 4.78 is 12.1. The van der Waals surface area contributed by atoms with E-state index in [1.54, 1.807) is 18.2 Å². The van der Waals surface area contributed by atoms with E-state index in [4.69, 9.17) is 9.15 Å². The Morgan fingerprint density at radius 2 is 1.72 bits per heavy atom. The van der Waals surface area contributed by atoms with Gasteiger partial charge in [-0.25, -0.2) is 4.79 Å². The van der Waals surface area contributed by atoms with Crippen LogP contribution in [0.5, 0.6) is 5.75 Å². The fraction of sp³-hybridized carbons (Fsp3) is 0.286. The van der Waals surface area contributed by atoms with Crippen molar-refractivity contribution >= 4 is 22.9 Å². The van der Waals surface area contributed by atoms with Gasteiger partial charge in [0.05, 0.1) is 5.52 Å². The van der Waals surface area contributed by atoms with Gasteiger partial charge in [0, 0.05) is 13.0 Å². The minimum Gasteiger partial charge on any atom is -0.484 e. The molecule has 29 heavy (non-hydrogen) atoms. The third-order valence-electron chi connectivity index (χ3n) is 4.27. The lowest BCUT2D eigenvalue weighted by molar-refractivity contribution is -0.130. The smallest absolute Gasteiger partial charge is 0.419 e. The molecule has 152 valence electrons. The number of benzene rings is 2. The normalized spacial score (nSPS) is 10.7. The van der Waals surface area contributed by atoms with Crippen molar-refractivity contribution in [1.29, 1.82) is 0 Å². The Morgan fingerprint density at radius 3 is 2.48 bits per heavy atom. The van der Waals surface area contributed by atoms with Crippen molar-refractivity contribution in [3.8, 4) is 5.75 Å². The molecule has 3 aromatic rings. The van der Waals surface area contributed by atoms with Gasteiger partial charge in [-0.2, -0.15) is 0 Å². The Labute approximate surface area is 167 Å². The number of hydrogen-bond acceptors (Lipinski definition) is 5.